The van der Waals surface area contributed by atoms with Gasteiger partial charge in [-0.2, -0.15) is 0 Å². The van der Waals surface area contributed by atoms with Gasteiger partial charge in [0.1, 0.15) is 11.6 Å². The van der Waals surface area contributed by atoms with Gasteiger partial charge < -0.3 is 10.2 Å². The Balaban J connectivity index is 1.57. The van der Waals surface area contributed by atoms with Crippen molar-refractivity contribution in [1.29, 1.82) is 0 Å². The predicted molar refractivity (Wildman–Crippen MR) is 105 cm³/mol. The van der Waals surface area contributed by atoms with Gasteiger partial charge in [0.05, 0.1) is 11.7 Å². The molecule has 0 radical (unpaired) electrons. The molecule has 2 aromatic carbocycles. The Kier molecular flexibility index (Phi) is 6.04. The minimum atomic E-state index is -0.666. The van der Waals surface area contributed by atoms with Crippen LogP contribution in [0.15, 0.2) is 42.5 Å². The van der Waals surface area contributed by atoms with Gasteiger partial charge in [-0.15, -0.1) is 0 Å². The molecule has 0 aliphatic carbocycles. The molecule has 0 spiro atoms. The number of carbonyl (C=O) groups excluding carboxylic acids is 2. The highest BCUT2D eigenvalue weighted by Gasteiger charge is 2.26. The Labute approximate surface area is 162 Å². The summed E-state index contributed by atoms with van der Waals surface area (Å²) in [7, 11) is 0. The van der Waals surface area contributed by atoms with Crippen molar-refractivity contribution in [3.8, 4) is 0 Å². The Bertz CT molecular complexity index is 862. The van der Waals surface area contributed by atoms with E-state index in [1.54, 1.807) is 6.92 Å². The molecule has 3 rings (SSSR count). The number of Topliss-reactive ketones (excluding diaryl/α,β-unsaturated/α-hetero) is 1. The average molecular weight is 387 g/mol. The molecule has 7 heteroatoms. The van der Waals surface area contributed by atoms with Gasteiger partial charge in [-0.25, -0.2) is 8.78 Å². The van der Waals surface area contributed by atoms with Crippen molar-refractivity contribution in [1.82, 2.24) is 4.90 Å². The number of hydrogen-bond acceptors (Lipinski definition) is 4. The van der Waals surface area contributed by atoms with E-state index in [-0.39, 0.29) is 17.4 Å². The summed E-state index contributed by atoms with van der Waals surface area (Å²) < 4.78 is 27.0. The van der Waals surface area contributed by atoms with Crippen LogP contribution in [-0.2, 0) is 4.79 Å². The number of carbonyl (C=O) groups is 2. The summed E-state index contributed by atoms with van der Waals surface area (Å²) in [5, 5.41) is 2.47. The predicted octanol–water partition coefficient (Wildman–Crippen LogP) is 3.32. The summed E-state index contributed by atoms with van der Waals surface area (Å²) in [6.45, 7) is 6.07. The van der Waals surface area contributed by atoms with E-state index >= 15 is 0 Å². The number of nitrogens with zero attached hydrogens (tertiary/aromatic N) is 2. The van der Waals surface area contributed by atoms with Crippen LogP contribution in [0.5, 0.6) is 0 Å². The van der Waals surface area contributed by atoms with Gasteiger partial charge in [0.15, 0.2) is 5.78 Å². The lowest BCUT2D eigenvalue weighted by atomic mass is 10.1. The second-order valence-corrected chi connectivity index (χ2v) is 6.92. The third-order valence-corrected chi connectivity index (χ3v) is 5.07. The fourth-order valence-corrected chi connectivity index (χ4v) is 3.27. The Morgan fingerprint density at radius 1 is 1.00 bits per heavy atom. The summed E-state index contributed by atoms with van der Waals surface area (Å²) in [6.07, 6.45) is 0. The van der Waals surface area contributed by atoms with Crippen molar-refractivity contribution in [3.63, 3.8) is 0 Å². The standard InChI is InChI=1S/C21H23F2N3O2/c1-14(21(28)24-20-13-17(22)5-8-19(20)23)25-9-11-26(12-10-25)18-6-3-16(4-7-18)15(2)27/h3-8,13-14H,9-12H2,1-2H3,(H,24,28). The van der Waals surface area contributed by atoms with Crippen LogP contribution >= 0.6 is 0 Å². The van der Waals surface area contributed by atoms with E-state index in [1.165, 1.54) is 6.92 Å². The first-order valence-corrected chi connectivity index (χ1v) is 9.21. The lowest BCUT2D eigenvalue weighted by Crippen LogP contribution is -2.52. The average Bonchev–Trinajstić information content (AvgIpc) is 2.70. The minimum Gasteiger partial charge on any atom is -0.369 e. The van der Waals surface area contributed by atoms with Gasteiger partial charge in [-0.3, -0.25) is 14.5 Å². The van der Waals surface area contributed by atoms with Gasteiger partial charge in [0.25, 0.3) is 0 Å². The highest BCUT2D eigenvalue weighted by atomic mass is 19.1. The van der Waals surface area contributed by atoms with E-state index in [0.29, 0.717) is 18.7 Å². The van der Waals surface area contributed by atoms with Gasteiger partial charge in [0, 0.05) is 43.5 Å². The topological polar surface area (TPSA) is 52.7 Å². The summed E-state index contributed by atoms with van der Waals surface area (Å²) in [6, 6.07) is 9.99. The number of ketones is 1. The largest absolute Gasteiger partial charge is 0.369 e. The summed E-state index contributed by atoms with van der Waals surface area (Å²) in [5.41, 5.74) is 1.56. The van der Waals surface area contributed by atoms with Crippen molar-refractivity contribution >= 4 is 23.1 Å². The molecule has 0 aromatic heterocycles. The van der Waals surface area contributed by atoms with E-state index in [1.807, 2.05) is 29.2 Å². The first-order valence-electron chi connectivity index (χ1n) is 9.21. The molecular weight excluding hydrogens is 364 g/mol. The molecule has 1 heterocycles. The van der Waals surface area contributed by atoms with Gasteiger partial charge in [0.2, 0.25) is 5.91 Å². The third-order valence-electron chi connectivity index (χ3n) is 5.07. The van der Waals surface area contributed by atoms with Gasteiger partial charge >= 0.3 is 0 Å². The Morgan fingerprint density at radius 2 is 1.64 bits per heavy atom. The zero-order valence-corrected chi connectivity index (χ0v) is 15.9. The highest BCUT2D eigenvalue weighted by molar-refractivity contribution is 5.95. The maximum absolute atomic E-state index is 13.7. The third kappa shape index (κ3) is 4.54. The number of rotatable bonds is 5. The fourth-order valence-electron chi connectivity index (χ4n) is 3.27. The number of benzene rings is 2. The van der Waals surface area contributed by atoms with E-state index < -0.39 is 17.7 Å². The molecule has 1 atom stereocenters. The van der Waals surface area contributed by atoms with Crippen LogP contribution in [0.3, 0.4) is 0 Å². The number of halogens is 2. The molecule has 0 bridgehead atoms. The molecule has 28 heavy (non-hydrogen) atoms. The smallest absolute Gasteiger partial charge is 0.241 e. The van der Waals surface area contributed by atoms with Crippen molar-refractivity contribution in [2.24, 2.45) is 0 Å². The van der Waals surface area contributed by atoms with Crippen LogP contribution in [0.1, 0.15) is 24.2 Å². The molecule has 1 N–H and O–H groups in total. The minimum absolute atomic E-state index is 0.0333. The molecule has 5 nitrogen and oxygen atoms in total. The normalized spacial score (nSPS) is 15.9. The summed E-state index contributed by atoms with van der Waals surface area (Å²) >= 11 is 0. The quantitative estimate of drug-likeness (QED) is 0.800. The van der Waals surface area contributed by atoms with Crippen molar-refractivity contribution in [2.45, 2.75) is 19.9 Å². The molecule has 2 aromatic rings. The van der Waals surface area contributed by atoms with Crippen molar-refractivity contribution in [3.05, 3.63) is 59.7 Å². The zero-order chi connectivity index (χ0) is 20.3. The number of amides is 1. The molecule has 1 saturated heterocycles. The number of piperazine rings is 1. The Hall–Kier alpha value is -2.80. The first kappa shape index (κ1) is 19.9. The lowest BCUT2D eigenvalue weighted by Gasteiger charge is -2.38. The van der Waals surface area contributed by atoms with E-state index in [0.717, 1.165) is 37.0 Å². The molecular formula is C21H23F2N3O2. The SMILES string of the molecule is CC(=O)c1ccc(N2CCN(C(C)C(=O)Nc3cc(F)ccc3F)CC2)cc1. The molecule has 0 saturated carbocycles. The molecule has 148 valence electrons. The maximum atomic E-state index is 13.7. The van der Waals surface area contributed by atoms with Crippen LogP contribution in [0.4, 0.5) is 20.2 Å². The van der Waals surface area contributed by atoms with Crippen LogP contribution in [0, 0.1) is 11.6 Å². The van der Waals surface area contributed by atoms with Crippen LogP contribution in [-0.4, -0.2) is 48.8 Å². The number of anilines is 2. The van der Waals surface area contributed by atoms with Crippen molar-refractivity contribution < 1.29 is 18.4 Å². The van der Waals surface area contributed by atoms with Crippen LogP contribution < -0.4 is 10.2 Å². The molecule has 1 fully saturated rings. The lowest BCUT2D eigenvalue weighted by molar-refractivity contribution is -0.120. The van der Waals surface area contributed by atoms with Crippen LogP contribution in [0.2, 0.25) is 0 Å². The van der Waals surface area contributed by atoms with Gasteiger partial charge in [-0.1, -0.05) is 0 Å². The maximum Gasteiger partial charge on any atom is 0.241 e. The van der Waals surface area contributed by atoms with Crippen LogP contribution in [0.25, 0.3) is 0 Å². The first-order chi connectivity index (χ1) is 13.3. The molecule has 1 unspecified atom stereocenters. The number of hydrogen-bond donors (Lipinski definition) is 1. The van der Waals surface area contributed by atoms with E-state index in [2.05, 4.69) is 10.2 Å². The monoisotopic (exact) mass is 387 g/mol. The molecule has 1 aliphatic heterocycles. The van der Waals surface area contributed by atoms with E-state index in [4.69, 9.17) is 0 Å². The second kappa shape index (κ2) is 8.48. The van der Waals surface area contributed by atoms with Gasteiger partial charge in [-0.05, 0) is 50.2 Å². The van der Waals surface area contributed by atoms with E-state index in [9.17, 15) is 18.4 Å². The Morgan fingerprint density at radius 3 is 2.25 bits per heavy atom. The zero-order valence-electron chi connectivity index (χ0n) is 15.9. The number of nitrogens with one attached hydrogen (secondary N) is 1. The molecule has 1 amide bonds. The second-order valence-electron chi connectivity index (χ2n) is 6.92. The fraction of sp³-hybridized carbons (Fsp3) is 0.333. The highest BCUT2D eigenvalue weighted by Crippen LogP contribution is 2.20. The molecule has 1 aliphatic rings. The van der Waals surface area contributed by atoms with Crippen molar-refractivity contribution in [2.75, 3.05) is 36.4 Å². The summed E-state index contributed by atoms with van der Waals surface area (Å²) in [5.74, 6) is -1.61. The summed E-state index contributed by atoms with van der Waals surface area (Å²) in [4.78, 5) is 28.0.